The maximum absolute atomic E-state index is 10.1. The highest BCUT2D eigenvalue weighted by Gasteiger charge is 2.16. The number of anilines is 1. The highest BCUT2D eigenvalue weighted by molar-refractivity contribution is 6.39. The standard InChI is InChI=1S/C17H20Cl2N2O2.ClH/c18-13-8-4-9-14(19)16(13)21-11-5-10-15(22)17(20)23-12-6-2-1-3-7-12;/h1-4,6-9,15,17,21-22H,5,10-11,20H2;1H. The fourth-order valence-electron chi connectivity index (χ4n) is 2.09. The second-order valence-electron chi connectivity index (χ2n) is 5.13. The predicted octanol–water partition coefficient (Wildman–Crippen LogP) is 4.33. The van der Waals surface area contributed by atoms with Crippen LogP contribution in [0.1, 0.15) is 12.8 Å². The van der Waals surface area contributed by atoms with Gasteiger partial charge in [-0.25, -0.2) is 0 Å². The van der Waals surface area contributed by atoms with Crippen molar-refractivity contribution < 1.29 is 9.84 Å². The Morgan fingerprint density at radius 2 is 1.67 bits per heavy atom. The summed E-state index contributed by atoms with van der Waals surface area (Å²) < 4.78 is 5.49. The first kappa shape index (κ1) is 20.9. The normalized spacial score (nSPS) is 12.8. The van der Waals surface area contributed by atoms with E-state index in [0.29, 0.717) is 40.9 Å². The molecule has 2 aromatic carbocycles. The van der Waals surface area contributed by atoms with Crippen molar-refractivity contribution in [2.24, 2.45) is 5.73 Å². The quantitative estimate of drug-likeness (QED) is 0.463. The molecule has 4 nitrogen and oxygen atoms in total. The first-order valence-corrected chi connectivity index (χ1v) is 8.17. The van der Waals surface area contributed by atoms with Gasteiger partial charge in [0.25, 0.3) is 0 Å². The molecule has 0 amide bonds. The van der Waals surface area contributed by atoms with E-state index in [2.05, 4.69) is 5.32 Å². The molecule has 24 heavy (non-hydrogen) atoms. The van der Waals surface area contributed by atoms with Crippen LogP contribution >= 0.6 is 35.6 Å². The van der Waals surface area contributed by atoms with Crippen LogP contribution < -0.4 is 15.8 Å². The fourth-order valence-corrected chi connectivity index (χ4v) is 2.62. The van der Waals surface area contributed by atoms with Crippen LogP contribution in [0.3, 0.4) is 0 Å². The molecule has 0 saturated carbocycles. The molecule has 0 aliphatic heterocycles. The minimum absolute atomic E-state index is 0. The van der Waals surface area contributed by atoms with Gasteiger partial charge in [0.15, 0.2) is 6.23 Å². The molecule has 0 aromatic heterocycles. The number of hydrogen-bond donors (Lipinski definition) is 3. The number of halogens is 3. The van der Waals surface area contributed by atoms with Crippen molar-refractivity contribution in [1.82, 2.24) is 0 Å². The Labute approximate surface area is 158 Å². The molecule has 2 atom stereocenters. The zero-order valence-corrected chi connectivity index (χ0v) is 15.3. The summed E-state index contributed by atoms with van der Waals surface area (Å²) in [6.45, 7) is 0.624. The van der Waals surface area contributed by atoms with E-state index in [-0.39, 0.29) is 12.4 Å². The number of aliphatic hydroxyl groups is 1. The minimum atomic E-state index is -0.763. The largest absolute Gasteiger partial charge is 0.473 e. The van der Waals surface area contributed by atoms with E-state index >= 15 is 0 Å². The molecule has 0 radical (unpaired) electrons. The maximum Gasteiger partial charge on any atom is 0.173 e. The lowest BCUT2D eigenvalue weighted by molar-refractivity contribution is 0.0340. The average molecular weight is 392 g/mol. The monoisotopic (exact) mass is 390 g/mol. The van der Waals surface area contributed by atoms with Crippen molar-refractivity contribution >= 4 is 41.3 Å². The fraction of sp³-hybridized carbons (Fsp3) is 0.294. The molecule has 0 saturated heterocycles. The molecule has 0 heterocycles. The van der Waals surface area contributed by atoms with Gasteiger partial charge in [-0.1, -0.05) is 47.5 Å². The van der Waals surface area contributed by atoms with Crippen LogP contribution in [0.5, 0.6) is 5.75 Å². The van der Waals surface area contributed by atoms with Crippen LogP contribution in [0, 0.1) is 0 Å². The van der Waals surface area contributed by atoms with Crippen molar-refractivity contribution in [3.63, 3.8) is 0 Å². The zero-order chi connectivity index (χ0) is 16.7. The molecule has 2 rings (SSSR count). The molecule has 2 unspecified atom stereocenters. The molecule has 2 aromatic rings. The number of aliphatic hydroxyl groups excluding tert-OH is 1. The summed E-state index contributed by atoms with van der Waals surface area (Å²) in [4.78, 5) is 0. The van der Waals surface area contributed by atoms with Gasteiger partial charge >= 0.3 is 0 Å². The summed E-state index contributed by atoms with van der Waals surface area (Å²) in [6.07, 6.45) is -0.308. The Kier molecular flexibility index (Phi) is 9.26. The van der Waals surface area contributed by atoms with Crippen molar-refractivity contribution in [3.05, 3.63) is 58.6 Å². The summed E-state index contributed by atoms with van der Waals surface area (Å²) >= 11 is 12.2. The lowest BCUT2D eigenvalue weighted by Gasteiger charge is -2.20. The predicted molar refractivity (Wildman–Crippen MR) is 102 cm³/mol. The van der Waals surface area contributed by atoms with Gasteiger partial charge in [0.05, 0.1) is 15.7 Å². The Hall–Kier alpha value is -1.17. The first-order valence-electron chi connectivity index (χ1n) is 7.41. The smallest absolute Gasteiger partial charge is 0.173 e. The molecular weight excluding hydrogens is 371 g/mol. The van der Waals surface area contributed by atoms with E-state index in [0.717, 1.165) is 0 Å². The molecule has 0 aliphatic rings. The number of nitrogens with two attached hydrogens (primary N) is 1. The van der Waals surface area contributed by atoms with Gasteiger partial charge in [0.2, 0.25) is 0 Å². The van der Waals surface area contributed by atoms with Crippen LogP contribution in [0.4, 0.5) is 5.69 Å². The third-order valence-corrected chi connectivity index (χ3v) is 3.97. The topological polar surface area (TPSA) is 67.5 Å². The third kappa shape index (κ3) is 6.38. The Balaban J connectivity index is 0.00000288. The number of nitrogens with one attached hydrogen (secondary N) is 1. The van der Waals surface area contributed by atoms with E-state index in [1.807, 2.05) is 18.2 Å². The molecule has 0 aliphatic carbocycles. The Morgan fingerprint density at radius 1 is 1.04 bits per heavy atom. The van der Waals surface area contributed by atoms with E-state index < -0.39 is 12.3 Å². The second kappa shape index (κ2) is 10.6. The van der Waals surface area contributed by atoms with Gasteiger partial charge in [-0.3, -0.25) is 5.73 Å². The number of benzene rings is 2. The summed E-state index contributed by atoms with van der Waals surface area (Å²) in [6, 6.07) is 14.5. The molecule has 0 fully saturated rings. The van der Waals surface area contributed by atoms with Crippen LogP contribution in [0.2, 0.25) is 10.0 Å². The Morgan fingerprint density at radius 3 is 2.29 bits per heavy atom. The second-order valence-corrected chi connectivity index (χ2v) is 5.94. The number of rotatable bonds is 8. The summed E-state index contributed by atoms with van der Waals surface area (Å²) in [7, 11) is 0. The SMILES string of the molecule is Cl.NC(Oc1ccccc1)C(O)CCCNc1c(Cl)cccc1Cl. The van der Waals surface area contributed by atoms with E-state index in [4.69, 9.17) is 33.7 Å². The molecular formula is C17H21Cl3N2O2. The molecule has 7 heteroatoms. The molecule has 0 spiro atoms. The van der Waals surface area contributed by atoms with Gasteiger partial charge in [-0.2, -0.15) is 0 Å². The number of para-hydroxylation sites is 2. The molecule has 132 valence electrons. The van der Waals surface area contributed by atoms with Gasteiger partial charge in [0, 0.05) is 6.54 Å². The van der Waals surface area contributed by atoms with Crippen molar-refractivity contribution in [3.8, 4) is 5.75 Å². The van der Waals surface area contributed by atoms with E-state index in [9.17, 15) is 5.11 Å². The van der Waals surface area contributed by atoms with Crippen molar-refractivity contribution in [1.29, 1.82) is 0 Å². The average Bonchev–Trinajstić information content (AvgIpc) is 2.54. The van der Waals surface area contributed by atoms with Crippen LogP contribution in [-0.2, 0) is 0 Å². The maximum atomic E-state index is 10.1. The van der Waals surface area contributed by atoms with E-state index in [1.54, 1.807) is 30.3 Å². The first-order chi connectivity index (χ1) is 11.1. The van der Waals surface area contributed by atoms with Gasteiger partial charge in [-0.15, -0.1) is 12.4 Å². The molecule has 0 bridgehead atoms. The summed E-state index contributed by atoms with van der Waals surface area (Å²) in [5.74, 6) is 0.639. The van der Waals surface area contributed by atoms with E-state index in [1.165, 1.54) is 0 Å². The Bertz CT molecular complexity index is 594. The number of ether oxygens (including phenoxy) is 1. The van der Waals surface area contributed by atoms with Crippen molar-refractivity contribution in [2.75, 3.05) is 11.9 Å². The van der Waals surface area contributed by atoms with Crippen LogP contribution in [0.25, 0.3) is 0 Å². The molecule has 4 N–H and O–H groups in total. The zero-order valence-electron chi connectivity index (χ0n) is 13.0. The van der Waals surface area contributed by atoms with Gasteiger partial charge < -0.3 is 15.2 Å². The summed E-state index contributed by atoms with van der Waals surface area (Å²) in [5, 5.41) is 14.4. The highest BCUT2D eigenvalue weighted by atomic mass is 35.5. The van der Waals surface area contributed by atoms with Gasteiger partial charge in [0.1, 0.15) is 11.9 Å². The number of hydrogen-bond acceptors (Lipinski definition) is 4. The van der Waals surface area contributed by atoms with Gasteiger partial charge in [-0.05, 0) is 37.1 Å². The third-order valence-electron chi connectivity index (χ3n) is 3.34. The lowest BCUT2D eigenvalue weighted by atomic mass is 10.1. The minimum Gasteiger partial charge on any atom is -0.473 e. The summed E-state index contributed by atoms with van der Waals surface area (Å²) in [5.41, 5.74) is 6.56. The highest BCUT2D eigenvalue weighted by Crippen LogP contribution is 2.29. The van der Waals surface area contributed by atoms with Crippen molar-refractivity contribution in [2.45, 2.75) is 25.2 Å². The van der Waals surface area contributed by atoms with Crippen LogP contribution in [0.15, 0.2) is 48.5 Å². The van der Waals surface area contributed by atoms with Crippen LogP contribution in [-0.4, -0.2) is 24.0 Å². The lowest BCUT2D eigenvalue weighted by Crippen LogP contribution is -2.40.